The summed E-state index contributed by atoms with van der Waals surface area (Å²) >= 11 is 0. The molecule has 0 radical (unpaired) electrons. The molecule has 0 saturated carbocycles. The van der Waals surface area contributed by atoms with Gasteiger partial charge < -0.3 is 4.90 Å². The van der Waals surface area contributed by atoms with Crippen LogP contribution in [0.4, 0.5) is 15.8 Å². The van der Waals surface area contributed by atoms with Crippen molar-refractivity contribution in [3.05, 3.63) is 59.4 Å². The van der Waals surface area contributed by atoms with E-state index in [4.69, 9.17) is 0 Å². The highest BCUT2D eigenvalue weighted by atomic mass is 19.1. The number of anilines is 2. The van der Waals surface area contributed by atoms with Gasteiger partial charge in [-0.05, 0) is 49.6 Å². The summed E-state index contributed by atoms with van der Waals surface area (Å²) in [7, 11) is 0. The monoisotopic (exact) mass is 269 g/mol. The zero-order valence-corrected chi connectivity index (χ0v) is 11.4. The number of aryl methyl sites for hydroxylation is 1. The minimum atomic E-state index is -0.371. The number of rotatable bonds is 2. The van der Waals surface area contributed by atoms with Crippen LogP contribution in [0.2, 0.25) is 0 Å². The highest BCUT2D eigenvalue weighted by molar-refractivity contribution is 6.00. The Morgan fingerprint density at radius 3 is 2.75 bits per heavy atom. The van der Waals surface area contributed by atoms with Crippen LogP contribution in [0.25, 0.3) is 0 Å². The number of para-hydroxylation sites is 1. The zero-order chi connectivity index (χ0) is 14.1. The second kappa shape index (κ2) is 5.08. The van der Waals surface area contributed by atoms with Crippen LogP contribution in [0.5, 0.6) is 0 Å². The van der Waals surface area contributed by atoms with Crippen molar-refractivity contribution in [3.8, 4) is 0 Å². The number of hydrogen-bond acceptors (Lipinski definition) is 2. The average molecular weight is 269 g/mol. The van der Waals surface area contributed by atoms with Crippen molar-refractivity contribution in [1.82, 2.24) is 0 Å². The van der Waals surface area contributed by atoms with E-state index in [0.717, 1.165) is 30.8 Å². The molecular weight excluding hydrogens is 253 g/mol. The molecule has 0 bridgehead atoms. The summed E-state index contributed by atoms with van der Waals surface area (Å²) in [4.78, 5) is 13.9. The maximum absolute atomic E-state index is 13.4. The topological polar surface area (TPSA) is 20.3 Å². The first kappa shape index (κ1) is 12.9. The van der Waals surface area contributed by atoms with Crippen LogP contribution in [0, 0.1) is 5.82 Å². The molecule has 1 aliphatic heterocycles. The molecule has 1 heterocycles. The number of benzene rings is 2. The molecule has 0 aliphatic carbocycles. The van der Waals surface area contributed by atoms with E-state index < -0.39 is 0 Å². The predicted molar refractivity (Wildman–Crippen MR) is 78.2 cm³/mol. The second-order valence-corrected chi connectivity index (χ2v) is 5.10. The van der Waals surface area contributed by atoms with Crippen molar-refractivity contribution in [3.63, 3.8) is 0 Å². The zero-order valence-electron chi connectivity index (χ0n) is 11.4. The normalized spacial score (nSPS) is 14.0. The first-order valence-electron chi connectivity index (χ1n) is 6.83. The van der Waals surface area contributed by atoms with Crippen LogP contribution in [0.15, 0.2) is 42.5 Å². The van der Waals surface area contributed by atoms with E-state index >= 15 is 0 Å². The van der Waals surface area contributed by atoms with E-state index in [0.29, 0.717) is 5.56 Å². The van der Waals surface area contributed by atoms with Crippen LogP contribution in [-0.4, -0.2) is 12.3 Å². The molecule has 20 heavy (non-hydrogen) atoms. The lowest BCUT2D eigenvalue weighted by atomic mass is 9.99. The lowest BCUT2D eigenvalue weighted by Gasteiger charge is -2.32. The van der Waals surface area contributed by atoms with Crippen molar-refractivity contribution in [2.24, 2.45) is 0 Å². The molecule has 3 rings (SSSR count). The lowest BCUT2D eigenvalue weighted by molar-refractivity contribution is 0.101. The van der Waals surface area contributed by atoms with Gasteiger partial charge in [-0.15, -0.1) is 0 Å². The molecule has 1 aliphatic rings. The molecular formula is C17H16FNO. The van der Waals surface area contributed by atoms with Gasteiger partial charge in [0.15, 0.2) is 5.78 Å². The van der Waals surface area contributed by atoms with Gasteiger partial charge in [0.05, 0.1) is 5.69 Å². The summed E-state index contributed by atoms with van der Waals surface area (Å²) in [5, 5.41) is 0. The molecule has 2 nitrogen and oxygen atoms in total. The van der Waals surface area contributed by atoms with Gasteiger partial charge in [0.1, 0.15) is 5.82 Å². The van der Waals surface area contributed by atoms with Gasteiger partial charge in [-0.1, -0.05) is 18.2 Å². The number of carbonyl (C=O) groups is 1. The fraction of sp³-hybridized carbons (Fsp3) is 0.235. The SMILES string of the molecule is CC(=O)c1cc(F)ccc1N1CCCc2ccccc21. The summed E-state index contributed by atoms with van der Waals surface area (Å²) in [6.07, 6.45) is 2.08. The molecule has 0 spiro atoms. The van der Waals surface area contributed by atoms with Gasteiger partial charge >= 0.3 is 0 Å². The third kappa shape index (κ3) is 2.20. The third-order valence-electron chi connectivity index (χ3n) is 3.74. The molecule has 0 atom stereocenters. The number of ketones is 1. The smallest absolute Gasteiger partial charge is 0.162 e. The molecule has 0 aromatic heterocycles. The number of fused-ring (bicyclic) bond motifs is 1. The van der Waals surface area contributed by atoms with Gasteiger partial charge in [-0.3, -0.25) is 4.79 Å². The van der Waals surface area contributed by atoms with Gasteiger partial charge in [0, 0.05) is 17.8 Å². The van der Waals surface area contributed by atoms with Crippen LogP contribution in [-0.2, 0) is 6.42 Å². The van der Waals surface area contributed by atoms with Gasteiger partial charge in [-0.25, -0.2) is 4.39 Å². The van der Waals surface area contributed by atoms with Crippen molar-refractivity contribution < 1.29 is 9.18 Å². The Morgan fingerprint density at radius 1 is 1.15 bits per heavy atom. The fourth-order valence-corrected chi connectivity index (χ4v) is 2.81. The summed E-state index contributed by atoms with van der Waals surface area (Å²) in [6.45, 7) is 2.33. The fourth-order valence-electron chi connectivity index (χ4n) is 2.81. The first-order valence-corrected chi connectivity index (χ1v) is 6.83. The number of halogens is 1. The van der Waals surface area contributed by atoms with Gasteiger partial charge in [0.25, 0.3) is 0 Å². The minimum absolute atomic E-state index is 0.109. The highest BCUT2D eigenvalue weighted by Gasteiger charge is 2.21. The standard InChI is InChI=1S/C17H16FNO/c1-12(20)15-11-14(18)8-9-17(15)19-10-4-6-13-5-2-3-7-16(13)19/h2-3,5,7-9,11H,4,6,10H2,1H3. The Morgan fingerprint density at radius 2 is 1.95 bits per heavy atom. The molecule has 0 amide bonds. The molecule has 0 saturated heterocycles. The molecule has 0 unspecified atom stereocenters. The Balaban J connectivity index is 2.13. The second-order valence-electron chi connectivity index (χ2n) is 5.10. The molecule has 0 fully saturated rings. The summed E-state index contributed by atoms with van der Waals surface area (Å²) in [6, 6.07) is 12.6. The largest absolute Gasteiger partial charge is 0.341 e. The molecule has 102 valence electrons. The number of Topliss-reactive ketones (excluding diaryl/α,β-unsaturated/α-hetero) is 1. The summed E-state index contributed by atoms with van der Waals surface area (Å²) in [5.74, 6) is -0.480. The van der Waals surface area contributed by atoms with Gasteiger partial charge in [-0.2, -0.15) is 0 Å². The Kier molecular flexibility index (Phi) is 3.26. The highest BCUT2D eigenvalue weighted by Crippen LogP contribution is 2.35. The van der Waals surface area contributed by atoms with Gasteiger partial charge in [0.2, 0.25) is 0 Å². The third-order valence-corrected chi connectivity index (χ3v) is 3.74. The van der Waals surface area contributed by atoms with Crippen LogP contribution in [0.3, 0.4) is 0 Å². The lowest BCUT2D eigenvalue weighted by Crippen LogP contribution is -2.26. The Hall–Kier alpha value is -2.16. The first-order chi connectivity index (χ1) is 9.66. The van der Waals surface area contributed by atoms with E-state index in [9.17, 15) is 9.18 Å². The van der Waals surface area contributed by atoms with E-state index in [2.05, 4.69) is 17.0 Å². The summed E-state index contributed by atoms with van der Waals surface area (Å²) in [5.41, 5.74) is 3.64. The van der Waals surface area contributed by atoms with E-state index in [1.807, 2.05) is 12.1 Å². The van der Waals surface area contributed by atoms with Crippen LogP contribution < -0.4 is 4.90 Å². The number of carbonyl (C=O) groups excluding carboxylic acids is 1. The van der Waals surface area contributed by atoms with E-state index in [1.165, 1.54) is 24.6 Å². The maximum Gasteiger partial charge on any atom is 0.162 e. The Bertz CT molecular complexity index is 666. The Labute approximate surface area is 117 Å². The molecule has 3 heteroatoms. The van der Waals surface area contributed by atoms with E-state index in [1.54, 1.807) is 6.07 Å². The predicted octanol–water partition coefficient (Wildman–Crippen LogP) is 4.11. The van der Waals surface area contributed by atoms with Crippen molar-refractivity contribution in [2.45, 2.75) is 19.8 Å². The van der Waals surface area contributed by atoms with Crippen LogP contribution in [0.1, 0.15) is 29.3 Å². The molecule has 2 aromatic rings. The van der Waals surface area contributed by atoms with Crippen LogP contribution >= 0.6 is 0 Å². The van der Waals surface area contributed by atoms with Crippen molar-refractivity contribution >= 4 is 17.2 Å². The van der Waals surface area contributed by atoms with Crippen molar-refractivity contribution in [1.29, 1.82) is 0 Å². The average Bonchev–Trinajstić information content (AvgIpc) is 2.46. The maximum atomic E-state index is 13.4. The number of hydrogen-bond donors (Lipinski definition) is 0. The molecule has 0 N–H and O–H groups in total. The molecule has 2 aromatic carbocycles. The van der Waals surface area contributed by atoms with E-state index in [-0.39, 0.29) is 11.6 Å². The summed E-state index contributed by atoms with van der Waals surface area (Å²) < 4.78 is 13.4. The minimum Gasteiger partial charge on any atom is -0.341 e. The van der Waals surface area contributed by atoms with Crippen molar-refractivity contribution in [2.75, 3.05) is 11.4 Å². The number of nitrogens with zero attached hydrogens (tertiary/aromatic N) is 1. The quantitative estimate of drug-likeness (QED) is 0.765.